The smallest absolute Gasteiger partial charge is 0.224 e. The number of aromatic nitrogens is 3. The second-order valence-electron chi connectivity index (χ2n) is 6.98. The Morgan fingerprint density at radius 1 is 1.13 bits per heavy atom. The molecule has 0 aliphatic heterocycles. The van der Waals surface area contributed by atoms with Crippen molar-refractivity contribution < 1.29 is 14.3 Å². The summed E-state index contributed by atoms with van der Waals surface area (Å²) in [7, 11) is 1.61. The standard InChI is InChI=1S/C23H26N4O3S/c1-3-4-5-9-22(29)25-18-12-10-17(11-13-18)21(28)15-31-23-26-24-16-27(23)19-7-6-8-20(14-19)30-2/h6-8,10-14,16H,3-5,9,15H2,1-2H3,(H,25,29). The number of anilines is 1. The van der Waals surface area contributed by atoms with Crippen molar-refractivity contribution in [2.75, 3.05) is 18.2 Å². The van der Waals surface area contributed by atoms with Crippen molar-refractivity contribution in [3.8, 4) is 11.4 Å². The number of hydrogen-bond donors (Lipinski definition) is 1. The molecule has 8 heteroatoms. The first-order chi connectivity index (χ1) is 15.1. The molecule has 0 saturated heterocycles. The van der Waals surface area contributed by atoms with E-state index in [0.29, 0.717) is 22.8 Å². The second kappa shape index (κ2) is 11.3. The van der Waals surface area contributed by atoms with E-state index >= 15 is 0 Å². The van der Waals surface area contributed by atoms with Crippen molar-refractivity contribution >= 4 is 29.1 Å². The number of rotatable bonds is 11. The molecule has 1 heterocycles. The number of unbranched alkanes of at least 4 members (excludes halogenated alkanes) is 2. The molecule has 0 aliphatic carbocycles. The molecule has 0 radical (unpaired) electrons. The van der Waals surface area contributed by atoms with Crippen molar-refractivity contribution in [1.29, 1.82) is 0 Å². The van der Waals surface area contributed by atoms with Gasteiger partial charge in [-0.3, -0.25) is 14.2 Å². The third kappa shape index (κ3) is 6.42. The maximum Gasteiger partial charge on any atom is 0.224 e. The Kier molecular flexibility index (Phi) is 8.23. The maximum absolute atomic E-state index is 12.6. The normalized spacial score (nSPS) is 10.6. The molecule has 3 aromatic rings. The number of carbonyl (C=O) groups excluding carboxylic acids is 2. The number of carbonyl (C=O) groups is 2. The lowest BCUT2D eigenvalue weighted by atomic mass is 10.1. The Balaban J connectivity index is 1.57. The van der Waals surface area contributed by atoms with Crippen LogP contribution in [-0.2, 0) is 4.79 Å². The van der Waals surface area contributed by atoms with Gasteiger partial charge in [0.25, 0.3) is 0 Å². The summed E-state index contributed by atoms with van der Waals surface area (Å²) in [5, 5.41) is 11.6. The molecule has 0 saturated carbocycles. The topological polar surface area (TPSA) is 86.1 Å². The van der Waals surface area contributed by atoms with Crippen LogP contribution in [0.25, 0.3) is 5.69 Å². The van der Waals surface area contributed by atoms with Gasteiger partial charge in [0.15, 0.2) is 10.9 Å². The number of nitrogens with zero attached hydrogens (tertiary/aromatic N) is 3. The van der Waals surface area contributed by atoms with Gasteiger partial charge in [0.05, 0.1) is 18.6 Å². The Morgan fingerprint density at radius 2 is 1.94 bits per heavy atom. The predicted molar refractivity (Wildman–Crippen MR) is 122 cm³/mol. The van der Waals surface area contributed by atoms with Crippen molar-refractivity contribution in [2.45, 2.75) is 37.8 Å². The van der Waals surface area contributed by atoms with Crippen LogP contribution in [0.1, 0.15) is 43.0 Å². The van der Waals surface area contributed by atoms with E-state index in [0.717, 1.165) is 30.7 Å². The first-order valence-electron chi connectivity index (χ1n) is 10.2. The lowest BCUT2D eigenvalue weighted by molar-refractivity contribution is -0.116. The molecule has 1 amide bonds. The Morgan fingerprint density at radius 3 is 2.68 bits per heavy atom. The van der Waals surface area contributed by atoms with Crippen LogP contribution in [0, 0.1) is 0 Å². The first kappa shape index (κ1) is 22.6. The summed E-state index contributed by atoms with van der Waals surface area (Å²) in [5.41, 5.74) is 2.14. The van der Waals surface area contributed by atoms with E-state index in [1.54, 1.807) is 37.7 Å². The van der Waals surface area contributed by atoms with E-state index in [-0.39, 0.29) is 17.4 Å². The molecule has 0 bridgehead atoms. The summed E-state index contributed by atoms with van der Waals surface area (Å²) in [5.74, 6) is 0.938. The third-order valence-electron chi connectivity index (χ3n) is 4.68. The van der Waals surface area contributed by atoms with Gasteiger partial charge < -0.3 is 10.1 Å². The van der Waals surface area contributed by atoms with Gasteiger partial charge in [-0.25, -0.2) is 0 Å². The van der Waals surface area contributed by atoms with Crippen LogP contribution in [0.2, 0.25) is 0 Å². The van der Waals surface area contributed by atoms with E-state index < -0.39 is 0 Å². The van der Waals surface area contributed by atoms with Gasteiger partial charge in [-0.15, -0.1) is 10.2 Å². The van der Waals surface area contributed by atoms with Gasteiger partial charge >= 0.3 is 0 Å². The predicted octanol–water partition coefficient (Wildman–Crippen LogP) is 4.77. The molecular weight excluding hydrogens is 412 g/mol. The fraction of sp³-hybridized carbons (Fsp3) is 0.304. The quantitative estimate of drug-likeness (QED) is 0.264. The number of Topliss-reactive ketones (excluding diaryl/α,β-unsaturated/α-hetero) is 1. The highest BCUT2D eigenvalue weighted by atomic mass is 32.2. The molecule has 3 rings (SSSR count). The summed E-state index contributed by atoms with van der Waals surface area (Å²) in [4.78, 5) is 24.5. The number of hydrogen-bond acceptors (Lipinski definition) is 6. The molecular formula is C23H26N4O3S. The second-order valence-corrected chi connectivity index (χ2v) is 7.92. The number of thioether (sulfide) groups is 1. The highest BCUT2D eigenvalue weighted by molar-refractivity contribution is 7.99. The third-order valence-corrected chi connectivity index (χ3v) is 5.62. The van der Waals surface area contributed by atoms with E-state index in [1.165, 1.54) is 11.8 Å². The molecule has 162 valence electrons. The van der Waals surface area contributed by atoms with Gasteiger partial charge in [-0.2, -0.15) is 0 Å². The summed E-state index contributed by atoms with van der Waals surface area (Å²) < 4.78 is 7.08. The number of amides is 1. The minimum atomic E-state index is -0.0222. The fourth-order valence-electron chi connectivity index (χ4n) is 2.97. The van der Waals surface area contributed by atoms with E-state index in [4.69, 9.17) is 4.74 Å². The molecule has 1 aromatic heterocycles. The lowest BCUT2D eigenvalue weighted by Crippen LogP contribution is -2.11. The van der Waals surface area contributed by atoms with E-state index in [9.17, 15) is 9.59 Å². The van der Waals surface area contributed by atoms with Crippen molar-refractivity contribution in [3.63, 3.8) is 0 Å². The van der Waals surface area contributed by atoms with Crippen LogP contribution in [0.5, 0.6) is 5.75 Å². The summed E-state index contributed by atoms with van der Waals surface area (Å²) >= 11 is 1.32. The van der Waals surface area contributed by atoms with Crippen LogP contribution in [0.3, 0.4) is 0 Å². The SMILES string of the molecule is CCCCCC(=O)Nc1ccc(C(=O)CSc2nncn2-c2cccc(OC)c2)cc1. The zero-order valence-electron chi connectivity index (χ0n) is 17.7. The highest BCUT2D eigenvalue weighted by Crippen LogP contribution is 2.23. The van der Waals surface area contributed by atoms with Gasteiger partial charge in [0.2, 0.25) is 5.91 Å². The number of benzene rings is 2. The molecule has 0 atom stereocenters. The molecule has 0 unspecified atom stereocenters. The minimum absolute atomic E-state index is 0.0000362. The summed E-state index contributed by atoms with van der Waals surface area (Å²) in [6.07, 6.45) is 5.14. The van der Waals surface area contributed by atoms with Gasteiger partial charge in [-0.1, -0.05) is 37.6 Å². The number of nitrogens with one attached hydrogen (secondary N) is 1. The van der Waals surface area contributed by atoms with E-state index in [2.05, 4.69) is 22.4 Å². The Hall–Kier alpha value is -3.13. The van der Waals surface area contributed by atoms with Crippen LogP contribution in [0.4, 0.5) is 5.69 Å². The van der Waals surface area contributed by atoms with Crippen molar-refractivity contribution in [1.82, 2.24) is 14.8 Å². The van der Waals surface area contributed by atoms with Crippen LogP contribution >= 0.6 is 11.8 Å². The molecule has 0 aliphatic rings. The zero-order valence-corrected chi connectivity index (χ0v) is 18.5. The molecule has 31 heavy (non-hydrogen) atoms. The molecule has 7 nitrogen and oxygen atoms in total. The molecule has 1 N–H and O–H groups in total. The number of methoxy groups -OCH3 is 1. The zero-order chi connectivity index (χ0) is 22.1. The summed E-state index contributed by atoms with van der Waals surface area (Å²) in [6.45, 7) is 2.11. The molecule has 0 fully saturated rings. The first-order valence-corrected chi connectivity index (χ1v) is 11.2. The number of ketones is 1. The van der Waals surface area contributed by atoms with Crippen LogP contribution in [0.15, 0.2) is 60.0 Å². The summed E-state index contributed by atoms with van der Waals surface area (Å²) in [6, 6.07) is 14.5. The monoisotopic (exact) mass is 438 g/mol. The minimum Gasteiger partial charge on any atom is -0.497 e. The molecule has 2 aromatic carbocycles. The lowest BCUT2D eigenvalue weighted by Gasteiger charge is -2.08. The Bertz CT molecular complexity index is 1020. The van der Waals surface area contributed by atoms with Gasteiger partial charge in [0, 0.05) is 23.7 Å². The van der Waals surface area contributed by atoms with Crippen LogP contribution < -0.4 is 10.1 Å². The average Bonchev–Trinajstić information content (AvgIpc) is 3.27. The van der Waals surface area contributed by atoms with Crippen molar-refractivity contribution in [3.05, 3.63) is 60.4 Å². The van der Waals surface area contributed by atoms with Gasteiger partial charge in [0.1, 0.15) is 12.1 Å². The fourth-order valence-corrected chi connectivity index (χ4v) is 3.80. The highest BCUT2D eigenvalue weighted by Gasteiger charge is 2.12. The largest absolute Gasteiger partial charge is 0.497 e. The maximum atomic E-state index is 12.6. The Labute approximate surface area is 186 Å². The molecule has 0 spiro atoms. The van der Waals surface area contributed by atoms with E-state index in [1.807, 2.05) is 28.8 Å². The average molecular weight is 439 g/mol. The van der Waals surface area contributed by atoms with Gasteiger partial charge in [-0.05, 0) is 42.8 Å². The van der Waals surface area contributed by atoms with Crippen molar-refractivity contribution in [2.24, 2.45) is 0 Å². The van der Waals surface area contributed by atoms with Crippen LogP contribution in [-0.4, -0.2) is 39.3 Å². The number of ether oxygens (including phenoxy) is 1.